The molecule has 1 nitrogen and oxygen atoms in total. The first-order valence-electron chi connectivity index (χ1n) is 3.18. The molecule has 0 spiro atoms. The van der Waals surface area contributed by atoms with Crippen LogP contribution in [0.15, 0.2) is 0 Å². The zero-order valence-corrected chi connectivity index (χ0v) is 6.62. The fourth-order valence-corrected chi connectivity index (χ4v) is 1.58. The predicted molar refractivity (Wildman–Crippen MR) is 38.9 cm³/mol. The minimum atomic E-state index is -1.13. The second-order valence-corrected chi connectivity index (χ2v) is 3.71. The van der Waals surface area contributed by atoms with E-state index in [0.717, 1.165) is 19.3 Å². The minimum absolute atomic E-state index is 0.257. The van der Waals surface area contributed by atoms with Crippen molar-refractivity contribution in [3.63, 3.8) is 0 Å². The SMILES string of the molecule is OC1(Cl)CCCCC1Cl. The molecule has 3 heteroatoms. The van der Waals surface area contributed by atoms with Crippen LogP contribution in [-0.4, -0.2) is 15.5 Å². The summed E-state index contributed by atoms with van der Waals surface area (Å²) >= 11 is 11.4. The van der Waals surface area contributed by atoms with Crippen LogP contribution < -0.4 is 0 Å². The zero-order valence-electron chi connectivity index (χ0n) is 5.11. The summed E-state index contributed by atoms with van der Waals surface area (Å²) in [6.07, 6.45) is 3.54. The molecule has 1 saturated carbocycles. The van der Waals surface area contributed by atoms with E-state index in [1.807, 2.05) is 0 Å². The fourth-order valence-electron chi connectivity index (χ4n) is 1.07. The summed E-state index contributed by atoms with van der Waals surface area (Å²) < 4.78 is 0. The second kappa shape index (κ2) is 2.65. The van der Waals surface area contributed by atoms with Gasteiger partial charge in [0.25, 0.3) is 0 Å². The predicted octanol–water partition coefficient (Wildman–Crippen LogP) is 2.10. The van der Waals surface area contributed by atoms with E-state index in [4.69, 9.17) is 23.2 Å². The molecule has 1 N–H and O–H groups in total. The molecule has 0 amide bonds. The molecule has 2 unspecified atom stereocenters. The zero-order chi connectivity index (χ0) is 6.91. The third-order valence-corrected chi connectivity index (χ3v) is 2.86. The summed E-state index contributed by atoms with van der Waals surface area (Å²) in [4.78, 5) is 0. The van der Waals surface area contributed by atoms with Gasteiger partial charge in [-0.15, -0.1) is 11.6 Å². The Labute approximate surface area is 65.0 Å². The molecule has 54 valence electrons. The van der Waals surface area contributed by atoms with Gasteiger partial charge >= 0.3 is 0 Å². The van der Waals surface area contributed by atoms with E-state index >= 15 is 0 Å². The average molecular weight is 169 g/mol. The Balaban J connectivity index is 2.49. The second-order valence-electron chi connectivity index (χ2n) is 2.53. The van der Waals surface area contributed by atoms with Crippen LogP contribution >= 0.6 is 23.2 Å². The minimum Gasteiger partial charge on any atom is -0.373 e. The van der Waals surface area contributed by atoms with Crippen molar-refractivity contribution in [1.82, 2.24) is 0 Å². The number of halogens is 2. The highest BCUT2D eigenvalue weighted by molar-refractivity contribution is 6.31. The van der Waals surface area contributed by atoms with Crippen molar-refractivity contribution in [2.45, 2.75) is 36.1 Å². The van der Waals surface area contributed by atoms with E-state index in [1.165, 1.54) is 0 Å². The lowest BCUT2D eigenvalue weighted by atomic mass is 9.97. The molecule has 1 fully saturated rings. The van der Waals surface area contributed by atoms with Gasteiger partial charge in [0, 0.05) is 0 Å². The maximum atomic E-state index is 9.28. The molecule has 0 saturated heterocycles. The van der Waals surface area contributed by atoms with Crippen LogP contribution in [0.5, 0.6) is 0 Å². The highest BCUT2D eigenvalue weighted by Gasteiger charge is 2.35. The molecular weight excluding hydrogens is 159 g/mol. The van der Waals surface area contributed by atoms with Gasteiger partial charge in [-0.2, -0.15) is 0 Å². The molecule has 1 aliphatic carbocycles. The Bertz CT molecular complexity index is 103. The third-order valence-electron chi connectivity index (χ3n) is 1.71. The van der Waals surface area contributed by atoms with Gasteiger partial charge in [0.15, 0.2) is 5.06 Å². The first-order valence-corrected chi connectivity index (χ1v) is 4.00. The molecule has 1 aliphatic rings. The molecule has 9 heavy (non-hydrogen) atoms. The number of alkyl halides is 2. The van der Waals surface area contributed by atoms with Crippen molar-refractivity contribution in [2.75, 3.05) is 0 Å². The van der Waals surface area contributed by atoms with E-state index in [0.29, 0.717) is 6.42 Å². The van der Waals surface area contributed by atoms with E-state index < -0.39 is 5.06 Å². The normalized spacial score (nSPS) is 45.0. The smallest absolute Gasteiger partial charge is 0.154 e. The van der Waals surface area contributed by atoms with E-state index in [2.05, 4.69) is 0 Å². The quantitative estimate of drug-likeness (QED) is 0.550. The lowest BCUT2D eigenvalue weighted by Crippen LogP contribution is -2.35. The molecule has 0 radical (unpaired) electrons. The van der Waals surface area contributed by atoms with Gasteiger partial charge in [-0.1, -0.05) is 18.0 Å². The van der Waals surface area contributed by atoms with Crippen molar-refractivity contribution < 1.29 is 5.11 Å². The topological polar surface area (TPSA) is 20.2 Å². The van der Waals surface area contributed by atoms with Gasteiger partial charge in [0.05, 0.1) is 5.38 Å². The molecule has 0 aromatic carbocycles. The molecule has 1 rings (SSSR count). The average Bonchev–Trinajstić information content (AvgIpc) is 1.77. The van der Waals surface area contributed by atoms with Crippen molar-refractivity contribution in [1.29, 1.82) is 0 Å². The number of rotatable bonds is 0. The summed E-state index contributed by atoms with van der Waals surface area (Å²) in [5, 5.41) is 7.89. The summed E-state index contributed by atoms with van der Waals surface area (Å²) in [6.45, 7) is 0. The first kappa shape index (κ1) is 7.64. The van der Waals surface area contributed by atoms with Gasteiger partial charge < -0.3 is 5.11 Å². The van der Waals surface area contributed by atoms with Crippen LogP contribution in [0.25, 0.3) is 0 Å². The van der Waals surface area contributed by atoms with Gasteiger partial charge in [-0.25, -0.2) is 0 Å². The van der Waals surface area contributed by atoms with Crippen LogP contribution in [0.1, 0.15) is 25.7 Å². The number of hydrogen-bond acceptors (Lipinski definition) is 1. The van der Waals surface area contributed by atoms with Crippen LogP contribution in [0.3, 0.4) is 0 Å². The molecule has 0 aromatic heterocycles. The molecule has 0 heterocycles. The molecule has 0 aromatic rings. The van der Waals surface area contributed by atoms with Crippen molar-refractivity contribution >= 4 is 23.2 Å². The van der Waals surface area contributed by atoms with Gasteiger partial charge in [-0.3, -0.25) is 0 Å². The van der Waals surface area contributed by atoms with Crippen molar-refractivity contribution in [3.8, 4) is 0 Å². The van der Waals surface area contributed by atoms with Crippen molar-refractivity contribution in [2.24, 2.45) is 0 Å². The summed E-state index contributed by atoms with van der Waals surface area (Å²) in [6, 6.07) is 0. The Morgan fingerprint density at radius 1 is 1.44 bits per heavy atom. The highest BCUT2D eigenvalue weighted by Crippen LogP contribution is 2.35. The third kappa shape index (κ3) is 1.73. The maximum Gasteiger partial charge on any atom is 0.154 e. The standard InChI is InChI=1S/C6H10Cl2O/c7-5-3-1-2-4-6(5,8)9/h5,9H,1-4H2. The summed E-state index contributed by atoms with van der Waals surface area (Å²) in [5.41, 5.74) is 0. The molecule has 2 atom stereocenters. The number of aliphatic hydroxyl groups is 1. The summed E-state index contributed by atoms with van der Waals surface area (Å²) in [7, 11) is 0. The first-order chi connectivity index (χ1) is 4.13. The van der Waals surface area contributed by atoms with E-state index in [9.17, 15) is 5.11 Å². The van der Waals surface area contributed by atoms with Crippen molar-refractivity contribution in [3.05, 3.63) is 0 Å². The van der Waals surface area contributed by atoms with E-state index in [-0.39, 0.29) is 5.38 Å². The molecule has 0 bridgehead atoms. The Hall–Kier alpha value is 0.540. The lowest BCUT2D eigenvalue weighted by molar-refractivity contribution is 0.0908. The Morgan fingerprint density at radius 2 is 2.11 bits per heavy atom. The van der Waals surface area contributed by atoms with Gasteiger partial charge in [-0.05, 0) is 19.3 Å². The number of hydrogen-bond donors (Lipinski definition) is 1. The van der Waals surface area contributed by atoms with Crippen LogP contribution in [-0.2, 0) is 0 Å². The monoisotopic (exact) mass is 168 g/mol. The van der Waals surface area contributed by atoms with E-state index in [1.54, 1.807) is 0 Å². The highest BCUT2D eigenvalue weighted by atomic mass is 35.5. The molecular formula is C6H10Cl2O. The fraction of sp³-hybridized carbons (Fsp3) is 1.00. The molecule has 0 aliphatic heterocycles. The van der Waals surface area contributed by atoms with Gasteiger partial charge in [0.2, 0.25) is 0 Å². The largest absolute Gasteiger partial charge is 0.373 e. The summed E-state index contributed by atoms with van der Waals surface area (Å²) in [5.74, 6) is 0. The Morgan fingerprint density at radius 3 is 2.44 bits per heavy atom. The maximum absolute atomic E-state index is 9.28. The van der Waals surface area contributed by atoms with Crippen LogP contribution in [0, 0.1) is 0 Å². The van der Waals surface area contributed by atoms with Crippen LogP contribution in [0.4, 0.5) is 0 Å². The van der Waals surface area contributed by atoms with Crippen LogP contribution in [0.2, 0.25) is 0 Å². The van der Waals surface area contributed by atoms with Gasteiger partial charge in [0.1, 0.15) is 0 Å². The Kier molecular flexibility index (Phi) is 2.25. The lowest BCUT2D eigenvalue weighted by Gasteiger charge is -2.30.